The molecule has 0 atom stereocenters. The van der Waals surface area contributed by atoms with Crippen LogP contribution in [0.25, 0.3) is 11.0 Å². The molecule has 0 radical (unpaired) electrons. The fourth-order valence-corrected chi connectivity index (χ4v) is 3.30. The average molecular weight is 406 g/mol. The summed E-state index contributed by atoms with van der Waals surface area (Å²) in [6, 6.07) is 2.34. The Labute approximate surface area is 164 Å². The van der Waals surface area contributed by atoms with Crippen molar-refractivity contribution in [3.63, 3.8) is 0 Å². The van der Waals surface area contributed by atoms with E-state index >= 15 is 0 Å². The van der Waals surface area contributed by atoms with Gasteiger partial charge in [0, 0.05) is 45.4 Å². The van der Waals surface area contributed by atoms with E-state index in [0.717, 1.165) is 0 Å². The molecule has 4 rings (SSSR count). The van der Waals surface area contributed by atoms with E-state index in [1.54, 1.807) is 4.90 Å². The molecule has 0 unspecified atom stereocenters. The average Bonchev–Trinajstić information content (AvgIpc) is 3.18. The van der Waals surface area contributed by atoms with Gasteiger partial charge in [-0.15, -0.1) is 0 Å². The zero-order chi connectivity index (χ0) is 20.4. The molecule has 1 aliphatic rings. The Kier molecular flexibility index (Phi) is 5.30. The van der Waals surface area contributed by atoms with Gasteiger partial charge in [-0.1, -0.05) is 0 Å². The molecular formula is C18H20F2N6O3. The van der Waals surface area contributed by atoms with Crippen LogP contribution in [0.15, 0.2) is 23.1 Å². The number of methoxy groups -OCH3 is 1. The van der Waals surface area contributed by atoms with Gasteiger partial charge in [-0.2, -0.15) is 10.1 Å². The number of nitrogens with one attached hydrogen (secondary N) is 2. The predicted octanol–water partition coefficient (Wildman–Crippen LogP) is 1.28. The summed E-state index contributed by atoms with van der Waals surface area (Å²) in [4.78, 5) is 22.7. The first-order chi connectivity index (χ1) is 14.1. The van der Waals surface area contributed by atoms with Crippen molar-refractivity contribution in [1.29, 1.82) is 0 Å². The number of halogens is 2. The number of ether oxygens (including phenoxy) is 2. The fourth-order valence-electron chi connectivity index (χ4n) is 3.30. The smallest absolute Gasteiger partial charge is 0.263 e. The van der Waals surface area contributed by atoms with E-state index in [9.17, 15) is 13.6 Å². The molecule has 11 heteroatoms. The summed E-state index contributed by atoms with van der Waals surface area (Å²) in [6.45, 7) is 2.14. The number of hydrogen-bond donors (Lipinski definition) is 2. The lowest BCUT2D eigenvalue weighted by Crippen LogP contribution is -2.48. The van der Waals surface area contributed by atoms with E-state index in [0.29, 0.717) is 49.8 Å². The second kappa shape index (κ2) is 8.03. The highest BCUT2D eigenvalue weighted by Crippen LogP contribution is 2.29. The zero-order valence-corrected chi connectivity index (χ0v) is 15.7. The molecule has 0 saturated carbocycles. The number of nitrogens with zero attached hydrogens (tertiary/aromatic N) is 4. The summed E-state index contributed by atoms with van der Waals surface area (Å²) >= 11 is 0. The Balaban J connectivity index is 1.47. The van der Waals surface area contributed by atoms with Gasteiger partial charge in [-0.3, -0.25) is 14.9 Å². The van der Waals surface area contributed by atoms with Crippen LogP contribution in [0.1, 0.15) is 0 Å². The van der Waals surface area contributed by atoms with Gasteiger partial charge in [0.2, 0.25) is 5.95 Å². The molecule has 2 N–H and O–H groups in total. The quantitative estimate of drug-likeness (QED) is 0.595. The first-order valence-corrected chi connectivity index (χ1v) is 9.11. The van der Waals surface area contributed by atoms with E-state index < -0.39 is 11.6 Å². The second-order valence-corrected chi connectivity index (χ2v) is 6.57. The Morgan fingerprint density at radius 2 is 1.79 bits per heavy atom. The van der Waals surface area contributed by atoms with Crippen LogP contribution in [-0.4, -0.2) is 66.7 Å². The number of piperazine rings is 1. The maximum Gasteiger partial charge on any atom is 0.263 e. The maximum atomic E-state index is 14.5. The summed E-state index contributed by atoms with van der Waals surface area (Å²) in [6.07, 6.45) is 1.41. The van der Waals surface area contributed by atoms with Gasteiger partial charge < -0.3 is 19.3 Å². The molecule has 1 aromatic carbocycles. The lowest BCUT2D eigenvalue weighted by molar-refractivity contribution is 0.146. The minimum atomic E-state index is -0.684. The van der Waals surface area contributed by atoms with Gasteiger partial charge in [-0.05, 0) is 0 Å². The van der Waals surface area contributed by atoms with Crippen LogP contribution in [0.5, 0.6) is 5.75 Å². The molecule has 3 aromatic rings. The van der Waals surface area contributed by atoms with E-state index in [1.807, 2.05) is 4.90 Å². The Morgan fingerprint density at radius 1 is 1.10 bits per heavy atom. The molecule has 154 valence electrons. The van der Waals surface area contributed by atoms with E-state index in [-0.39, 0.29) is 23.6 Å². The highest BCUT2D eigenvalue weighted by atomic mass is 19.1. The van der Waals surface area contributed by atoms with Gasteiger partial charge in [-0.25, -0.2) is 8.78 Å². The number of anilines is 2. The lowest BCUT2D eigenvalue weighted by atomic mass is 10.2. The van der Waals surface area contributed by atoms with E-state index in [1.165, 1.54) is 25.4 Å². The van der Waals surface area contributed by atoms with Gasteiger partial charge in [0.25, 0.3) is 5.56 Å². The number of aromatic nitrogens is 4. The number of benzene rings is 1. The van der Waals surface area contributed by atoms with E-state index in [4.69, 9.17) is 9.47 Å². The number of H-pyrrole nitrogens is 2. The Hall–Kier alpha value is -3.21. The fraction of sp³-hybridized carbons (Fsp3) is 0.389. The number of aromatic amines is 2. The van der Waals surface area contributed by atoms with Gasteiger partial charge in [0.05, 0.1) is 12.8 Å². The predicted molar refractivity (Wildman–Crippen MR) is 103 cm³/mol. The van der Waals surface area contributed by atoms with Crippen LogP contribution in [0, 0.1) is 11.6 Å². The standard InChI is InChI=1S/C18H20F2N6O3/c1-28-6-7-29-11-8-13(19)15(14(20)9-11)25-2-4-26(5-3-25)18-22-16-12(10-21-24-16)17(27)23-18/h8-10H,2-7H2,1H3,(H2,21,22,23,24,27). The summed E-state index contributed by atoms with van der Waals surface area (Å²) in [5.41, 5.74) is 0.0175. The highest BCUT2D eigenvalue weighted by Gasteiger charge is 2.25. The molecular weight excluding hydrogens is 386 g/mol. The van der Waals surface area contributed by atoms with Crippen LogP contribution in [0.2, 0.25) is 0 Å². The Morgan fingerprint density at radius 3 is 2.48 bits per heavy atom. The monoisotopic (exact) mass is 406 g/mol. The second-order valence-electron chi connectivity index (χ2n) is 6.57. The van der Waals surface area contributed by atoms with Crippen molar-refractivity contribution in [3.05, 3.63) is 40.3 Å². The van der Waals surface area contributed by atoms with Crippen molar-refractivity contribution in [2.75, 3.05) is 56.3 Å². The van der Waals surface area contributed by atoms with Crippen molar-refractivity contribution in [3.8, 4) is 5.75 Å². The third-order valence-electron chi connectivity index (χ3n) is 4.75. The maximum absolute atomic E-state index is 14.5. The molecule has 3 heterocycles. The van der Waals surface area contributed by atoms with Gasteiger partial charge in [0.15, 0.2) is 17.3 Å². The van der Waals surface area contributed by atoms with Crippen molar-refractivity contribution >= 4 is 22.7 Å². The molecule has 2 aromatic heterocycles. The molecule has 1 aliphatic heterocycles. The first kappa shape index (κ1) is 19.1. The van der Waals surface area contributed by atoms with Crippen LogP contribution in [-0.2, 0) is 4.74 Å². The molecule has 9 nitrogen and oxygen atoms in total. The van der Waals surface area contributed by atoms with Crippen LogP contribution in [0.4, 0.5) is 20.4 Å². The SMILES string of the molecule is COCCOc1cc(F)c(N2CCN(c3nc4[nH]ncc4c(=O)[nH]3)CC2)c(F)c1. The Bertz CT molecular complexity index is 1040. The topological polar surface area (TPSA) is 99.4 Å². The zero-order valence-electron chi connectivity index (χ0n) is 15.7. The number of rotatable bonds is 6. The summed E-state index contributed by atoms with van der Waals surface area (Å²) < 4.78 is 39.2. The minimum Gasteiger partial charge on any atom is -0.491 e. The molecule has 1 fully saturated rings. The summed E-state index contributed by atoms with van der Waals surface area (Å²) in [5.74, 6) is -0.851. The minimum absolute atomic E-state index is 0.0887. The van der Waals surface area contributed by atoms with Crippen molar-refractivity contribution < 1.29 is 18.3 Å². The number of fused-ring (bicyclic) bond motifs is 1. The van der Waals surface area contributed by atoms with Gasteiger partial charge in [0.1, 0.15) is 23.4 Å². The first-order valence-electron chi connectivity index (χ1n) is 9.11. The molecule has 1 saturated heterocycles. The van der Waals surface area contributed by atoms with Crippen molar-refractivity contribution in [2.45, 2.75) is 0 Å². The lowest BCUT2D eigenvalue weighted by Gasteiger charge is -2.36. The molecule has 0 amide bonds. The third kappa shape index (κ3) is 3.86. The number of hydrogen-bond acceptors (Lipinski definition) is 7. The van der Waals surface area contributed by atoms with Crippen LogP contribution < -0.4 is 20.1 Å². The molecule has 0 bridgehead atoms. The van der Waals surface area contributed by atoms with Crippen molar-refractivity contribution in [2.24, 2.45) is 0 Å². The van der Waals surface area contributed by atoms with Crippen molar-refractivity contribution in [1.82, 2.24) is 20.2 Å². The van der Waals surface area contributed by atoms with E-state index in [2.05, 4.69) is 20.2 Å². The molecule has 0 spiro atoms. The van der Waals surface area contributed by atoms with Crippen LogP contribution in [0.3, 0.4) is 0 Å². The van der Waals surface area contributed by atoms with Gasteiger partial charge >= 0.3 is 0 Å². The molecule has 29 heavy (non-hydrogen) atoms. The third-order valence-corrected chi connectivity index (χ3v) is 4.75. The largest absolute Gasteiger partial charge is 0.491 e. The highest BCUT2D eigenvalue weighted by molar-refractivity contribution is 5.73. The normalized spacial score (nSPS) is 14.6. The van der Waals surface area contributed by atoms with Crippen LogP contribution >= 0.6 is 0 Å². The molecule has 0 aliphatic carbocycles. The summed E-state index contributed by atoms with van der Waals surface area (Å²) in [7, 11) is 1.52. The summed E-state index contributed by atoms with van der Waals surface area (Å²) in [5, 5.41) is 6.87.